The van der Waals surface area contributed by atoms with Crippen LogP contribution in [0.2, 0.25) is 5.15 Å². The van der Waals surface area contributed by atoms with E-state index in [1.165, 1.54) is 23.8 Å². The maximum Gasteiger partial charge on any atom is 0.230 e. The predicted molar refractivity (Wildman–Crippen MR) is 43.6 cm³/mol. The molecule has 58 valence electrons. The Morgan fingerprint density at radius 3 is 2.91 bits per heavy atom. The van der Waals surface area contributed by atoms with Gasteiger partial charge in [0.15, 0.2) is 0 Å². The summed E-state index contributed by atoms with van der Waals surface area (Å²) in [6.45, 7) is 4.91. The average molecular weight is 171 g/mol. The van der Waals surface area contributed by atoms with Gasteiger partial charge in [-0.05, 0) is 6.08 Å². The molecule has 0 radical (unpaired) electrons. The van der Waals surface area contributed by atoms with Crippen molar-refractivity contribution in [2.75, 3.05) is 0 Å². The number of hydrogen-bond donors (Lipinski definition) is 0. The molecular formula is C7H7ClN2O. The van der Waals surface area contributed by atoms with Crippen molar-refractivity contribution in [2.45, 2.75) is 6.92 Å². The molecular weight excluding hydrogens is 164 g/mol. The SMILES string of the molecule is C=Cc1ncc(Cl)n1C(C)=O. The molecule has 0 amide bonds. The Hall–Kier alpha value is -1.09. The van der Waals surface area contributed by atoms with Crippen LogP contribution in [0.1, 0.15) is 17.5 Å². The predicted octanol–water partition coefficient (Wildman–Crippen LogP) is 1.84. The number of hydrogen-bond acceptors (Lipinski definition) is 2. The zero-order valence-corrected chi connectivity index (χ0v) is 6.80. The number of rotatable bonds is 1. The van der Waals surface area contributed by atoms with Crippen LogP contribution in [0, 0.1) is 0 Å². The van der Waals surface area contributed by atoms with E-state index in [4.69, 9.17) is 11.6 Å². The van der Waals surface area contributed by atoms with Gasteiger partial charge in [-0.1, -0.05) is 18.2 Å². The molecule has 0 atom stereocenters. The molecule has 0 N–H and O–H groups in total. The first-order valence-electron chi connectivity index (χ1n) is 3.03. The van der Waals surface area contributed by atoms with E-state index < -0.39 is 0 Å². The van der Waals surface area contributed by atoms with E-state index in [1.54, 1.807) is 0 Å². The van der Waals surface area contributed by atoms with Crippen LogP contribution in [0.4, 0.5) is 0 Å². The molecule has 0 bridgehead atoms. The molecule has 3 nitrogen and oxygen atoms in total. The van der Waals surface area contributed by atoms with Crippen LogP contribution in [-0.4, -0.2) is 15.5 Å². The molecule has 0 aliphatic carbocycles. The summed E-state index contributed by atoms with van der Waals surface area (Å²) < 4.78 is 1.29. The quantitative estimate of drug-likeness (QED) is 0.645. The van der Waals surface area contributed by atoms with Crippen molar-refractivity contribution >= 4 is 23.6 Å². The fourth-order valence-corrected chi connectivity index (χ4v) is 1.05. The van der Waals surface area contributed by atoms with E-state index in [-0.39, 0.29) is 5.91 Å². The Bertz CT molecular complexity index is 303. The van der Waals surface area contributed by atoms with E-state index in [9.17, 15) is 4.79 Å². The number of imidazole rings is 1. The Balaban J connectivity index is 3.28. The van der Waals surface area contributed by atoms with Crippen molar-refractivity contribution in [2.24, 2.45) is 0 Å². The van der Waals surface area contributed by atoms with Crippen molar-refractivity contribution in [1.29, 1.82) is 0 Å². The zero-order valence-electron chi connectivity index (χ0n) is 6.04. The van der Waals surface area contributed by atoms with E-state index in [1.807, 2.05) is 0 Å². The van der Waals surface area contributed by atoms with Crippen LogP contribution in [0.15, 0.2) is 12.8 Å². The first-order valence-corrected chi connectivity index (χ1v) is 3.41. The van der Waals surface area contributed by atoms with Crippen LogP contribution in [0.25, 0.3) is 6.08 Å². The number of halogens is 1. The lowest BCUT2D eigenvalue weighted by Gasteiger charge is -1.98. The van der Waals surface area contributed by atoms with Gasteiger partial charge in [0.1, 0.15) is 11.0 Å². The molecule has 0 aromatic carbocycles. The third-order valence-electron chi connectivity index (χ3n) is 1.24. The van der Waals surface area contributed by atoms with Gasteiger partial charge in [-0.3, -0.25) is 9.36 Å². The number of carbonyl (C=O) groups is 1. The van der Waals surface area contributed by atoms with Crippen LogP contribution >= 0.6 is 11.6 Å². The first kappa shape index (κ1) is 8.01. The van der Waals surface area contributed by atoms with Gasteiger partial charge in [-0.25, -0.2) is 4.98 Å². The van der Waals surface area contributed by atoms with Crippen molar-refractivity contribution in [3.8, 4) is 0 Å². The molecule has 0 spiro atoms. The van der Waals surface area contributed by atoms with Gasteiger partial charge in [0, 0.05) is 6.92 Å². The van der Waals surface area contributed by atoms with Crippen molar-refractivity contribution < 1.29 is 4.79 Å². The Kier molecular flexibility index (Phi) is 2.10. The summed E-state index contributed by atoms with van der Waals surface area (Å²) >= 11 is 5.65. The summed E-state index contributed by atoms with van der Waals surface area (Å²) in [6.07, 6.45) is 2.90. The third kappa shape index (κ3) is 1.33. The second-order valence-corrected chi connectivity index (χ2v) is 2.38. The summed E-state index contributed by atoms with van der Waals surface area (Å²) in [5.74, 6) is 0.310. The number of nitrogens with zero attached hydrogens (tertiary/aromatic N) is 2. The summed E-state index contributed by atoms with van der Waals surface area (Å²) in [6, 6.07) is 0. The van der Waals surface area contributed by atoms with Crippen molar-refractivity contribution in [1.82, 2.24) is 9.55 Å². The number of carbonyl (C=O) groups excluding carboxylic acids is 1. The summed E-state index contributed by atoms with van der Waals surface area (Å²) in [7, 11) is 0. The van der Waals surface area contributed by atoms with Crippen molar-refractivity contribution in [3.05, 3.63) is 23.8 Å². The summed E-state index contributed by atoms with van der Waals surface area (Å²) in [4.78, 5) is 14.7. The highest BCUT2D eigenvalue weighted by Gasteiger charge is 2.07. The van der Waals surface area contributed by atoms with Crippen LogP contribution in [0.5, 0.6) is 0 Å². The molecule has 0 fully saturated rings. The topological polar surface area (TPSA) is 34.9 Å². The second-order valence-electron chi connectivity index (χ2n) is 2.00. The van der Waals surface area contributed by atoms with E-state index in [0.29, 0.717) is 11.0 Å². The standard InChI is InChI=1S/C7H7ClN2O/c1-3-7-9-4-6(8)10(7)5(2)11/h3-4H,1H2,2H3. The van der Waals surface area contributed by atoms with Gasteiger partial charge < -0.3 is 0 Å². The van der Waals surface area contributed by atoms with Gasteiger partial charge in [0.2, 0.25) is 5.91 Å². The normalized spacial score (nSPS) is 9.64. The molecule has 1 rings (SSSR count). The van der Waals surface area contributed by atoms with Gasteiger partial charge in [0.25, 0.3) is 0 Å². The molecule has 0 saturated carbocycles. The lowest BCUT2D eigenvalue weighted by atomic mass is 10.5. The molecule has 0 aliphatic rings. The Morgan fingerprint density at radius 2 is 2.55 bits per heavy atom. The highest BCUT2D eigenvalue weighted by atomic mass is 35.5. The monoisotopic (exact) mass is 170 g/mol. The third-order valence-corrected chi connectivity index (χ3v) is 1.51. The average Bonchev–Trinajstić information content (AvgIpc) is 2.30. The first-order chi connectivity index (χ1) is 5.16. The van der Waals surface area contributed by atoms with E-state index in [2.05, 4.69) is 11.6 Å². The van der Waals surface area contributed by atoms with Crippen LogP contribution in [-0.2, 0) is 0 Å². The molecule has 1 heterocycles. The minimum Gasteiger partial charge on any atom is -0.274 e. The zero-order chi connectivity index (χ0) is 8.43. The second kappa shape index (κ2) is 2.88. The smallest absolute Gasteiger partial charge is 0.230 e. The maximum absolute atomic E-state index is 10.9. The van der Waals surface area contributed by atoms with Gasteiger partial charge in [-0.15, -0.1) is 0 Å². The van der Waals surface area contributed by atoms with Gasteiger partial charge in [-0.2, -0.15) is 0 Å². The fourth-order valence-electron chi connectivity index (χ4n) is 0.800. The van der Waals surface area contributed by atoms with E-state index >= 15 is 0 Å². The van der Waals surface area contributed by atoms with Gasteiger partial charge >= 0.3 is 0 Å². The lowest BCUT2D eigenvalue weighted by molar-refractivity contribution is 0.0936. The Morgan fingerprint density at radius 1 is 1.91 bits per heavy atom. The molecule has 1 aromatic rings. The molecule has 0 aliphatic heterocycles. The summed E-state index contributed by atoms with van der Waals surface area (Å²) in [5.41, 5.74) is 0. The molecule has 0 unspecified atom stereocenters. The maximum atomic E-state index is 10.9. The van der Waals surface area contributed by atoms with Crippen LogP contribution < -0.4 is 0 Å². The van der Waals surface area contributed by atoms with Crippen molar-refractivity contribution in [3.63, 3.8) is 0 Å². The minimum absolute atomic E-state index is 0.164. The summed E-state index contributed by atoms with van der Waals surface area (Å²) in [5, 5.41) is 0.312. The van der Waals surface area contributed by atoms with Gasteiger partial charge in [0.05, 0.1) is 6.20 Å². The molecule has 11 heavy (non-hydrogen) atoms. The fraction of sp³-hybridized carbons (Fsp3) is 0.143. The van der Waals surface area contributed by atoms with Crippen LogP contribution in [0.3, 0.4) is 0 Å². The highest BCUT2D eigenvalue weighted by molar-refractivity contribution is 6.30. The molecule has 4 heteroatoms. The molecule has 1 aromatic heterocycles. The molecule has 0 saturated heterocycles. The largest absolute Gasteiger partial charge is 0.274 e. The highest BCUT2D eigenvalue weighted by Crippen LogP contribution is 2.11. The lowest BCUT2D eigenvalue weighted by Crippen LogP contribution is -2.07. The Labute approximate surface area is 69.3 Å². The van der Waals surface area contributed by atoms with E-state index in [0.717, 1.165) is 0 Å². The number of aromatic nitrogens is 2. The minimum atomic E-state index is -0.164.